The molecule has 0 spiro atoms. The van der Waals surface area contributed by atoms with E-state index in [1.54, 1.807) is 0 Å². The van der Waals surface area contributed by atoms with Crippen molar-refractivity contribution in [2.45, 2.75) is 6.92 Å². The van der Waals surface area contributed by atoms with Gasteiger partial charge in [0, 0.05) is 17.7 Å². The first-order valence-electron chi connectivity index (χ1n) is 3.33. The molecule has 0 atom stereocenters. The predicted molar refractivity (Wildman–Crippen MR) is 40.9 cm³/mol. The van der Waals surface area contributed by atoms with Gasteiger partial charge in [0.15, 0.2) is 5.78 Å². The highest BCUT2D eigenvalue weighted by Gasteiger charge is 2.14. The highest BCUT2D eigenvalue weighted by atomic mass is 19.1. The maximum Gasteiger partial charge on any atom is 0.367 e. The minimum Gasteiger partial charge on any atom is -0.358 e. The predicted octanol–water partition coefficient (Wildman–Crippen LogP) is 1.33. The van der Waals surface area contributed by atoms with E-state index < -0.39 is 22.5 Å². The van der Waals surface area contributed by atoms with Crippen LogP contribution in [0.5, 0.6) is 0 Å². The Morgan fingerprint density at radius 2 is 2.23 bits per heavy atom. The number of pyridine rings is 1. The highest BCUT2D eigenvalue weighted by Crippen LogP contribution is 2.12. The SMILES string of the molecule is CC(=O)c1cc(F)nc([N+](=O)[O-])c1. The van der Waals surface area contributed by atoms with Gasteiger partial charge in [-0.15, -0.1) is 0 Å². The van der Waals surface area contributed by atoms with Gasteiger partial charge in [-0.05, 0) is 16.8 Å². The molecule has 0 amide bonds. The largest absolute Gasteiger partial charge is 0.367 e. The molecule has 0 aliphatic carbocycles. The highest BCUT2D eigenvalue weighted by molar-refractivity contribution is 5.94. The van der Waals surface area contributed by atoms with E-state index in [1.807, 2.05) is 0 Å². The van der Waals surface area contributed by atoms with Gasteiger partial charge in [0.2, 0.25) is 0 Å². The van der Waals surface area contributed by atoms with Crippen molar-refractivity contribution in [3.63, 3.8) is 0 Å². The summed E-state index contributed by atoms with van der Waals surface area (Å²) in [4.78, 5) is 23.1. The van der Waals surface area contributed by atoms with Crippen molar-refractivity contribution in [1.82, 2.24) is 4.98 Å². The Labute approximate surface area is 72.4 Å². The van der Waals surface area contributed by atoms with Crippen molar-refractivity contribution in [2.24, 2.45) is 0 Å². The summed E-state index contributed by atoms with van der Waals surface area (Å²) in [6, 6.07) is 1.79. The average molecular weight is 184 g/mol. The van der Waals surface area contributed by atoms with Crippen LogP contribution in [0.1, 0.15) is 17.3 Å². The number of rotatable bonds is 2. The summed E-state index contributed by atoms with van der Waals surface area (Å²) >= 11 is 0. The molecule has 0 bridgehead atoms. The van der Waals surface area contributed by atoms with Crippen molar-refractivity contribution in [2.75, 3.05) is 0 Å². The summed E-state index contributed by atoms with van der Waals surface area (Å²) in [5.74, 6) is -2.13. The second-order valence-corrected chi connectivity index (χ2v) is 2.35. The number of halogens is 1. The Balaban J connectivity index is 3.26. The summed E-state index contributed by atoms with van der Waals surface area (Å²) in [6.07, 6.45) is 0. The Morgan fingerprint density at radius 1 is 1.62 bits per heavy atom. The molecule has 13 heavy (non-hydrogen) atoms. The standard InChI is InChI=1S/C7H5FN2O3/c1-4(11)5-2-6(8)9-7(3-5)10(12)13/h2-3H,1H3. The lowest BCUT2D eigenvalue weighted by molar-refractivity contribution is -0.389. The fourth-order valence-corrected chi connectivity index (χ4v) is 0.780. The molecule has 0 saturated heterocycles. The van der Waals surface area contributed by atoms with Crippen LogP contribution in [0.3, 0.4) is 0 Å². The molecule has 6 heteroatoms. The molecule has 0 N–H and O–H groups in total. The molecule has 0 unspecified atom stereocenters. The molecule has 1 aromatic rings. The van der Waals surface area contributed by atoms with Crippen molar-refractivity contribution in [3.8, 4) is 0 Å². The van der Waals surface area contributed by atoms with E-state index in [0.717, 1.165) is 12.1 Å². The quantitative estimate of drug-likeness (QED) is 0.301. The van der Waals surface area contributed by atoms with Crippen molar-refractivity contribution in [1.29, 1.82) is 0 Å². The summed E-state index contributed by atoms with van der Waals surface area (Å²) in [5, 5.41) is 10.2. The summed E-state index contributed by atoms with van der Waals surface area (Å²) in [7, 11) is 0. The van der Waals surface area contributed by atoms with Gasteiger partial charge in [0.1, 0.15) is 0 Å². The minimum atomic E-state index is -1.03. The first-order chi connectivity index (χ1) is 6.00. The van der Waals surface area contributed by atoms with Crippen LogP contribution >= 0.6 is 0 Å². The number of hydrogen-bond acceptors (Lipinski definition) is 4. The maximum absolute atomic E-state index is 12.6. The zero-order chi connectivity index (χ0) is 10.0. The fourth-order valence-electron chi connectivity index (χ4n) is 0.780. The topological polar surface area (TPSA) is 73.1 Å². The van der Waals surface area contributed by atoms with Crippen LogP contribution < -0.4 is 0 Å². The van der Waals surface area contributed by atoms with Crippen molar-refractivity contribution >= 4 is 11.6 Å². The van der Waals surface area contributed by atoms with Crippen molar-refractivity contribution < 1.29 is 14.1 Å². The van der Waals surface area contributed by atoms with Gasteiger partial charge in [-0.25, -0.2) is 0 Å². The number of carbonyl (C=O) groups is 1. The molecule has 1 rings (SSSR count). The molecule has 0 aliphatic heterocycles. The molecule has 0 saturated carbocycles. The lowest BCUT2D eigenvalue weighted by Crippen LogP contribution is -2.00. The summed E-state index contributed by atoms with van der Waals surface area (Å²) in [5.41, 5.74) is -0.0563. The number of aromatic nitrogens is 1. The molecule has 0 aromatic carbocycles. The van der Waals surface area contributed by atoms with Crippen LogP contribution in [0.4, 0.5) is 10.2 Å². The molecule has 0 fully saturated rings. The van der Waals surface area contributed by atoms with Gasteiger partial charge >= 0.3 is 11.8 Å². The number of ketones is 1. The number of Topliss-reactive ketones (excluding diaryl/α,β-unsaturated/α-hetero) is 1. The molecule has 68 valence electrons. The number of nitrogens with zero attached hydrogens (tertiary/aromatic N) is 2. The Bertz CT molecular complexity index is 346. The van der Waals surface area contributed by atoms with E-state index in [1.165, 1.54) is 6.92 Å². The second-order valence-electron chi connectivity index (χ2n) is 2.35. The Kier molecular flexibility index (Phi) is 2.32. The van der Waals surface area contributed by atoms with E-state index >= 15 is 0 Å². The zero-order valence-corrected chi connectivity index (χ0v) is 6.65. The smallest absolute Gasteiger partial charge is 0.358 e. The minimum absolute atomic E-state index is 0.0563. The van der Waals surface area contributed by atoms with Crippen LogP contribution in [0.2, 0.25) is 0 Å². The number of hydrogen-bond donors (Lipinski definition) is 0. The summed E-state index contributed by atoms with van der Waals surface area (Å²) in [6.45, 7) is 1.19. The van der Waals surface area contributed by atoms with Crippen LogP contribution in [-0.4, -0.2) is 15.7 Å². The third-order valence-corrected chi connectivity index (χ3v) is 1.37. The monoisotopic (exact) mass is 184 g/mol. The van der Waals surface area contributed by atoms with Crippen LogP contribution in [0.25, 0.3) is 0 Å². The van der Waals surface area contributed by atoms with Gasteiger partial charge < -0.3 is 10.1 Å². The molecule has 0 aliphatic rings. The lowest BCUT2D eigenvalue weighted by atomic mass is 10.2. The number of nitro groups is 1. The van der Waals surface area contributed by atoms with Gasteiger partial charge in [0.05, 0.1) is 0 Å². The molecular weight excluding hydrogens is 179 g/mol. The van der Waals surface area contributed by atoms with Gasteiger partial charge in [-0.3, -0.25) is 4.79 Å². The first kappa shape index (κ1) is 9.24. The second kappa shape index (κ2) is 3.26. The van der Waals surface area contributed by atoms with Crippen LogP contribution in [0, 0.1) is 16.1 Å². The molecular formula is C7H5FN2O3. The van der Waals surface area contributed by atoms with E-state index in [4.69, 9.17) is 0 Å². The number of carbonyl (C=O) groups excluding carboxylic acids is 1. The molecule has 1 aromatic heterocycles. The third-order valence-electron chi connectivity index (χ3n) is 1.37. The molecule has 1 heterocycles. The van der Waals surface area contributed by atoms with E-state index in [-0.39, 0.29) is 5.56 Å². The van der Waals surface area contributed by atoms with Gasteiger partial charge in [-0.2, -0.15) is 4.39 Å². The van der Waals surface area contributed by atoms with Gasteiger partial charge in [0.25, 0.3) is 0 Å². The van der Waals surface area contributed by atoms with E-state index in [9.17, 15) is 19.3 Å². The van der Waals surface area contributed by atoms with Gasteiger partial charge in [-0.1, -0.05) is 0 Å². The van der Waals surface area contributed by atoms with Crippen molar-refractivity contribution in [3.05, 3.63) is 33.8 Å². The average Bonchev–Trinajstić information content (AvgIpc) is 2.03. The normalized spacial score (nSPS) is 9.69. The molecule has 0 radical (unpaired) electrons. The third kappa shape index (κ3) is 2.05. The fraction of sp³-hybridized carbons (Fsp3) is 0.143. The summed E-state index contributed by atoms with van der Waals surface area (Å²) < 4.78 is 12.6. The zero-order valence-electron chi connectivity index (χ0n) is 6.65. The maximum atomic E-state index is 12.6. The Hall–Kier alpha value is -1.85. The van der Waals surface area contributed by atoms with Crippen LogP contribution in [-0.2, 0) is 0 Å². The van der Waals surface area contributed by atoms with E-state index in [2.05, 4.69) is 4.98 Å². The van der Waals surface area contributed by atoms with E-state index in [0.29, 0.717) is 0 Å². The lowest BCUT2D eigenvalue weighted by Gasteiger charge is -1.94. The molecule has 5 nitrogen and oxygen atoms in total. The van der Waals surface area contributed by atoms with Crippen LogP contribution in [0.15, 0.2) is 12.1 Å². The Morgan fingerprint density at radius 3 is 2.69 bits per heavy atom. The first-order valence-corrected chi connectivity index (χ1v) is 3.33.